The molecule has 0 unspecified atom stereocenters. The zero-order valence-corrected chi connectivity index (χ0v) is 22.7. The van der Waals surface area contributed by atoms with Crippen molar-refractivity contribution in [3.8, 4) is 11.1 Å². The Morgan fingerprint density at radius 2 is 2.03 bits per heavy atom. The number of likely N-dealkylation sites (tertiary alicyclic amines) is 1. The highest BCUT2D eigenvalue weighted by molar-refractivity contribution is 6.36. The van der Waals surface area contributed by atoms with Gasteiger partial charge in [-0.3, -0.25) is 19.3 Å². The summed E-state index contributed by atoms with van der Waals surface area (Å²) < 4.78 is 4.20. The highest BCUT2D eigenvalue weighted by atomic mass is 35.5. The molecular formula is C28H31ClN8O. The fourth-order valence-electron chi connectivity index (χ4n) is 6.91. The van der Waals surface area contributed by atoms with E-state index in [2.05, 4.69) is 44.4 Å². The van der Waals surface area contributed by atoms with Crippen molar-refractivity contribution in [3.63, 3.8) is 0 Å². The molecule has 1 aliphatic carbocycles. The number of fused-ring (bicyclic) bond motifs is 2. The molecule has 0 radical (unpaired) electrons. The van der Waals surface area contributed by atoms with Crippen LogP contribution in [0.15, 0.2) is 31.1 Å². The summed E-state index contributed by atoms with van der Waals surface area (Å²) >= 11 is 7.05. The Bertz CT molecular complexity index is 1610. The van der Waals surface area contributed by atoms with Crippen LogP contribution in [0.25, 0.3) is 22.0 Å². The molecule has 1 spiro atoms. The maximum Gasteiger partial charge on any atom is 0.245 e. The molecule has 2 fully saturated rings. The van der Waals surface area contributed by atoms with E-state index in [1.165, 1.54) is 17.3 Å². The number of nitrogens with zero attached hydrogens (tertiary/aromatic N) is 7. The Hall–Kier alpha value is -3.59. The minimum atomic E-state index is 0.0250. The summed E-state index contributed by atoms with van der Waals surface area (Å²) in [7, 11) is 2.01. The molecule has 0 bridgehead atoms. The molecule has 1 saturated carbocycles. The van der Waals surface area contributed by atoms with Crippen LogP contribution in [0.5, 0.6) is 0 Å². The Labute approximate surface area is 226 Å². The summed E-state index contributed by atoms with van der Waals surface area (Å²) in [5, 5.41) is 19.0. The monoisotopic (exact) mass is 530 g/mol. The first-order valence-corrected chi connectivity index (χ1v) is 13.5. The number of nitrogens with one attached hydrogen (secondary N) is 1. The molecule has 5 heterocycles. The van der Waals surface area contributed by atoms with E-state index in [0.29, 0.717) is 6.04 Å². The summed E-state index contributed by atoms with van der Waals surface area (Å²) in [5.74, 6) is 0.988. The van der Waals surface area contributed by atoms with Crippen molar-refractivity contribution in [1.29, 1.82) is 0 Å². The fourth-order valence-corrected chi connectivity index (χ4v) is 7.16. The van der Waals surface area contributed by atoms with Gasteiger partial charge >= 0.3 is 0 Å². The molecule has 7 rings (SSSR count). The van der Waals surface area contributed by atoms with E-state index in [9.17, 15) is 4.79 Å². The third-order valence-corrected chi connectivity index (χ3v) is 9.38. The molecule has 1 aromatic carbocycles. The SMILES string of the molecule is C=CC(=O)N1CC2(CC(n3nc(N4CCc5c(cnn5C)C4)c(-c4c(Cl)c(C)cc5[nH]ncc45)c3C)C2)C1. The second kappa shape index (κ2) is 8.20. The number of amides is 1. The molecular weight excluding hydrogens is 500 g/mol. The van der Waals surface area contributed by atoms with Crippen LogP contribution in [0, 0.1) is 19.3 Å². The van der Waals surface area contributed by atoms with Crippen LogP contribution >= 0.6 is 11.6 Å². The molecule has 3 aromatic heterocycles. The number of rotatable bonds is 4. The second-order valence-corrected chi connectivity index (χ2v) is 11.7. The Kier molecular flexibility index (Phi) is 5.08. The number of halogens is 1. The van der Waals surface area contributed by atoms with E-state index in [-0.39, 0.29) is 11.3 Å². The Balaban J connectivity index is 1.30. The van der Waals surface area contributed by atoms with E-state index in [0.717, 1.165) is 89.6 Å². The minimum Gasteiger partial charge on any atom is -0.350 e. The van der Waals surface area contributed by atoms with Gasteiger partial charge in [-0.25, -0.2) is 0 Å². The van der Waals surface area contributed by atoms with Gasteiger partial charge in [-0.15, -0.1) is 0 Å². The van der Waals surface area contributed by atoms with E-state index >= 15 is 0 Å². The van der Waals surface area contributed by atoms with Gasteiger partial charge in [0, 0.05) is 78.5 Å². The summed E-state index contributed by atoms with van der Waals surface area (Å²) in [6.07, 6.45) is 8.20. The minimum absolute atomic E-state index is 0.0250. The lowest BCUT2D eigenvalue weighted by Gasteiger charge is -2.58. The van der Waals surface area contributed by atoms with Gasteiger partial charge in [-0.2, -0.15) is 15.3 Å². The second-order valence-electron chi connectivity index (χ2n) is 11.3. The first-order valence-electron chi connectivity index (χ1n) is 13.2. The van der Waals surface area contributed by atoms with E-state index in [1.807, 2.05) is 35.9 Å². The molecule has 196 valence electrons. The van der Waals surface area contributed by atoms with Gasteiger partial charge < -0.3 is 9.80 Å². The number of aryl methyl sites for hydroxylation is 2. The van der Waals surface area contributed by atoms with Crippen LogP contribution in [0.1, 0.15) is 41.4 Å². The van der Waals surface area contributed by atoms with Crippen molar-refractivity contribution in [1.82, 2.24) is 34.7 Å². The highest BCUT2D eigenvalue weighted by Gasteiger charge is 2.54. The zero-order valence-electron chi connectivity index (χ0n) is 22.0. The quantitative estimate of drug-likeness (QED) is 0.396. The Morgan fingerprint density at radius 3 is 2.79 bits per heavy atom. The molecule has 0 atom stereocenters. The number of hydrogen-bond donors (Lipinski definition) is 1. The van der Waals surface area contributed by atoms with Gasteiger partial charge in [0.1, 0.15) is 0 Å². The fraction of sp³-hybridized carbons (Fsp3) is 0.429. The number of benzene rings is 1. The first kappa shape index (κ1) is 23.5. The number of anilines is 1. The third-order valence-electron chi connectivity index (χ3n) is 8.90. The van der Waals surface area contributed by atoms with Crippen molar-refractivity contribution in [2.75, 3.05) is 24.5 Å². The van der Waals surface area contributed by atoms with Crippen LogP contribution in [0.3, 0.4) is 0 Å². The summed E-state index contributed by atoms with van der Waals surface area (Å²) in [5.41, 5.74) is 7.90. The van der Waals surface area contributed by atoms with Crippen molar-refractivity contribution >= 4 is 34.2 Å². The molecule has 4 aromatic rings. The highest BCUT2D eigenvalue weighted by Crippen LogP contribution is 2.55. The van der Waals surface area contributed by atoms with Gasteiger partial charge in [-0.05, 0) is 44.4 Å². The van der Waals surface area contributed by atoms with Gasteiger partial charge in [0.25, 0.3) is 0 Å². The molecule has 1 amide bonds. The lowest BCUT2D eigenvalue weighted by molar-refractivity contribution is -0.149. The number of carbonyl (C=O) groups is 1. The molecule has 3 aliphatic rings. The zero-order chi connectivity index (χ0) is 26.3. The molecule has 9 nitrogen and oxygen atoms in total. The van der Waals surface area contributed by atoms with E-state index < -0.39 is 0 Å². The number of hydrogen-bond acceptors (Lipinski definition) is 5. The molecule has 38 heavy (non-hydrogen) atoms. The predicted octanol–water partition coefficient (Wildman–Crippen LogP) is 4.34. The molecule has 1 N–H and O–H groups in total. The summed E-state index contributed by atoms with van der Waals surface area (Å²) in [6, 6.07) is 2.35. The lowest BCUT2D eigenvalue weighted by atomic mass is 9.60. The summed E-state index contributed by atoms with van der Waals surface area (Å²) in [4.78, 5) is 16.3. The number of carbonyl (C=O) groups excluding carboxylic acids is 1. The smallest absolute Gasteiger partial charge is 0.245 e. The number of aromatic nitrogens is 6. The van der Waals surface area contributed by atoms with E-state index in [4.69, 9.17) is 16.7 Å². The van der Waals surface area contributed by atoms with Crippen molar-refractivity contribution in [2.45, 2.75) is 45.7 Å². The third kappa shape index (κ3) is 3.30. The molecule has 10 heteroatoms. The molecule has 1 saturated heterocycles. The van der Waals surface area contributed by atoms with Gasteiger partial charge in [0.15, 0.2) is 5.82 Å². The summed E-state index contributed by atoms with van der Waals surface area (Å²) in [6.45, 7) is 11.1. The van der Waals surface area contributed by atoms with Crippen molar-refractivity contribution in [3.05, 3.63) is 58.7 Å². The van der Waals surface area contributed by atoms with Gasteiger partial charge in [0.05, 0.1) is 29.0 Å². The first-order chi connectivity index (χ1) is 18.3. The standard InChI is InChI=1S/C28H31ClN8O/c1-5-23(38)36-14-28(15-36)9-19(10-28)37-17(3)24(25-20-12-30-32-21(20)8-16(2)26(25)29)27(33-37)35-7-6-22-18(13-35)11-31-34(22)4/h5,8,11-12,19H,1,6-7,9-10,13-15H2,2-4H3,(H,30,32). The maximum absolute atomic E-state index is 12.0. The topological polar surface area (TPSA) is 87.9 Å². The number of H-pyrrole nitrogens is 1. The van der Waals surface area contributed by atoms with Crippen molar-refractivity contribution < 1.29 is 4.79 Å². The lowest BCUT2D eigenvalue weighted by Crippen LogP contribution is -2.63. The van der Waals surface area contributed by atoms with Crippen LogP contribution in [-0.4, -0.2) is 60.2 Å². The molecule has 2 aliphatic heterocycles. The Morgan fingerprint density at radius 1 is 1.24 bits per heavy atom. The van der Waals surface area contributed by atoms with Gasteiger partial charge in [0.2, 0.25) is 5.91 Å². The average Bonchev–Trinajstić information content (AvgIpc) is 3.56. The van der Waals surface area contributed by atoms with Crippen LogP contribution in [-0.2, 0) is 24.8 Å². The van der Waals surface area contributed by atoms with Crippen LogP contribution in [0.4, 0.5) is 5.82 Å². The van der Waals surface area contributed by atoms with Gasteiger partial charge in [-0.1, -0.05) is 18.2 Å². The maximum atomic E-state index is 12.0. The van der Waals surface area contributed by atoms with E-state index in [1.54, 1.807) is 0 Å². The van der Waals surface area contributed by atoms with Crippen molar-refractivity contribution in [2.24, 2.45) is 12.5 Å². The average molecular weight is 531 g/mol. The number of aromatic amines is 1. The largest absolute Gasteiger partial charge is 0.350 e. The van der Waals surface area contributed by atoms with Crippen LogP contribution in [0.2, 0.25) is 5.02 Å². The predicted molar refractivity (Wildman–Crippen MR) is 147 cm³/mol. The normalized spacial score (nSPS) is 18.5. The van der Waals surface area contributed by atoms with Crippen LogP contribution < -0.4 is 4.90 Å².